The maximum atomic E-state index is 14.2. The van der Waals surface area contributed by atoms with Crippen LogP contribution in [-0.2, 0) is 16.0 Å². The number of carbonyl (C=O) groups is 2. The van der Waals surface area contributed by atoms with Gasteiger partial charge in [-0.15, -0.1) is 0 Å². The Labute approximate surface area is 184 Å². The van der Waals surface area contributed by atoms with Gasteiger partial charge in [0, 0.05) is 18.9 Å². The molecule has 2 aromatic carbocycles. The lowest BCUT2D eigenvalue weighted by molar-refractivity contribution is -0.121. The van der Waals surface area contributed by atoms with Gasteiger partial charge in [0.05, 0.1) is 29.5 Å². The molecule has 0 saturated heterocycles. The van der Waals surface area contributed by atoms with Crippen molar-refractivity contribution in [3.05, 3.63) is 76.1 Å². The van der Waals surface area contributed by atoms with Crippen molar-refractivity contribution in [1.29, 1.82) is 5.26 Å². The second-order valence-corrected chi connectivity index (χ2v) is 7.90. The number of halogens is 1. The van der Waals surface area contributed by atoms with Crippen molar-refractivity contribution in [2.24, 2.45) is 0 Å². The summed E-state index contributed by atoms with van der Waals surface area (Å²) in [6.45, 7) is 0.458. The van der Waals surface area contributed by atoms with Crippen LogP contribution in [0.4, 0.5) is 4.39 Å². The zero-order valence-electron chi connectivity index (χ0n) is 17.0. The van der Waals surface area contributed by atoms with E-state index in [0.717, 1.165) is 23.1 Å². The summed E-state index contributed by atoms with van der Waals surface area (Å²) in [4.78, 5) is 24.4. The Kier molecular flexibility index (Phi) is 7.68. The Balaban J connectivity index is 1.59. The smallest absolute Gasteiger partial charge is 0.230 e. The lowest BCUT2D eigenvalue weighted by atomic mass is 9.87. The molecular formula is C23H22FN3O3S. The van der Waals surface area contributed by atoms with Crippen LogP contribution >= 0.6 is 11.8 Å². The highest BCUT2D eigenvalue weighted by molar-refractivity contribution is 8.03. The number of hydrogen-bond acceptors (Lipinski definition) is 5. The van der Waals surface area contributed by atoms with Crippen LogP contribution in [0.5, 0.6) is 5.75 Å². The van der Waals surface area contributed by atoms with Crippen LogP contribution in [0.2, 0.25) is 0 Å². The molecule has 0 bridgehead atoms. The van der Waals surface area contributed by atoms with E-state index in [2.05, 4.69) is 16.7 Å². The van der Waals surface area contributed by atoms with E-state index in [-0.39, 0.29) is 29.6 Å². The molecule has 2 aromatic rings. The maximum Gasteiger partial charge on any atom is 0.230 e. The summed E-state index contributed by atoms with van der Waals surface area (Å²) >= 11 is 1.07. The minimum atomic E-state index is -0.666. The molecule has 3 rings (SSSR count). The summed E-state index contributed by atoms with van der Waals surface area (Å²) < 4.78 is 19.4. The zero-order chi connectivity index (χ0) is 22.2. The standard InChI is InChI=1S/C23H22FN3O3S/c1-30-16-8-6-15(7-9-16)10-11-26-22(29)14-31-23-19(13-25)18(12-21(28)27-23)17-4-2-3-5-20(17)24/h2-9,18H,10-12,14H2,1H3,(H,26,29)(H,27,28). The molecule has 31 heavy (non-hydrogen) atoms. The lowest BCUT2D eigenvalue weighted by Gasteiger charge is -2.25. The summed E-state index contributed by atoms with van der Waals surface area (Å²) in [6, 6.07) is 15.8. The van der Waals surface area contributed by atoms with Gasteiger partial charge in [0.2, 0.25) is 11.8 Å². The van der Waals surface area contributed by atoms with Crippen LogP contribution in [0.3, 0.4) is 0 Å². The lowest BCUT2D eigenvalue weighted by Crippen LogP contribution is -2.32. The first-order chi connectivity index (χ1) is 15.0. The molecule has 0 spiro atoms. The van der Waals surface area contributed by atoms with E-state index in [4.69, 9.17) is 4.74 Å². The SMILES string of the molecule is COc1ccc(CCNC(=O)CSC2=C(C#N)C(c3ccccc3F)CC(=O)N2)cc1. The number of amides is 2. The molecule has 1 atom stereocenters. The fraction of sp³-hybridized carbons (Fsp3) is 0.261. The molecule has 1 heterocycles. The summed E-state index contributed by atoms with van der Waals surface area (Å²) in [5, 5.41) is 15.4. The predicted molar refractivity (Wildman–Crippen MR) is 117 cm³/mol. The normalized spacial score (nSPS) is 15.8. The number of nitrogens with zero attached hydrogens (tertiary/aromatic N) is 1. The Morgan fingerprint density at radius 2 is 2.03 bits per heavy atom. The van der Waals surface area contributed by atoms with Crippen molar-refractivity contribution >= 4 is 23.6 Å². The van der Waals surface area contributed by atoms with Crippen molar-refractivity contribution in [3.8, 4) is 11.8 Å². The second kappa shape index (κ2) is 10.6. The summed E-state index contributed by atoms with van der Waals surface area (Å²) in [5.41, 5.74) is 1.63. The molecular weight excluding hydrogens is 417 g/mol. The van der Waals surface area contributed by atoms with Crippen molar-refractivity contribution in [3.63, 3.8) is 0 Å². The van der Waals surface area contributed by atoms with E-state index in [9.17, 15) is 19.2 Å². The minimum absolute atomic E-state index is 0.0120. The highest BCUT2D eigenvalue weighted by Gasteiger charge is 2.31. The third kappa shape index (κ3) is 5.86. The molecule has 0 radical (unpaired) electrons. The van der Waals surface area contributed by atoms with Gasteiger partial charge in [-0.05, 0) is 35.7 Å². The summed E-state index contributed by atoms with van der Waals surface area (Å²) in [7, 11) is 1.60. The zero-order valence-corrected chi connectivity index (χ0v) is 17.8. The molecule has 1 unspecified atom stereocenters. The number of ether oxygens (including phenoxy) is 1. The van der Waals surface area contributed by atoms with E-state index in [0.29, 0.717) is 23.6 Å². The molecule has 1 aliphatic heterocycles. The fourth-order valence-electron chi connectivity index (χ4n) is 3.28. The van der Waals surface area contributed by atoms with Gasteiger partial charge in [-0.3, -0.25) is 9.59 Å². The highest BCUT2D eigenvalue weighted by Crippen LogP contribution is 2.36. The number of allylic oxidation sites excluding steroid dienone is 1. The number of nitriles is 1. The Morgan fingerprint density at radius 1 is 1.29 bits per heavy atom. The maximum absolute atomic E-state index is 14.2. The van der Waals surface area contributed by atoms with Gasteiger partial charge in [0.15, 0.2) is 0 Å². The minimum Gasteiger partial charge on any atom is -0.497 e. The van der Waals surface area contributed by atoms with Gasteiger partial charge >= 0.3 is 0 Å². The number of thioether (sulfide) groups is 1. The third-order valence-corrected chi connectivity index (χ3v) is 5.90. The van der Waals surface area contributed by atoms with Crippen molar-refractivity contribution in [1.82, 2.24) is 10.6 Å². The summed E-state index contributed by atoms with van der Waals surface area (Å²) in [6.07, 6.45) is 0.653. The molecule has 0 saturated carbocycles. The van der Waals surface area contributed by atoms with Gasteiger partial charge in [-0.25, -0.2) is 4.39 Å². The van der Waals surface area contributed by atoms with Crippen LogP contribution in [-0.4, -0.2) is 31.2 Å². The topological polar surface area (TPSA) is 91.2 Å². The molecule has 160 valence electrons. The monoisotopic (exact) mass is 439 g/mol. The molecule has 0 aliphatic carbocycles. The first-order valence-electron chi connectivity index (χ1n) is 9.72. The molecule has 2 N–H and O–H groups in total. The van der Waals surface area contributed by atoms with Crippen molar-refractivity contribution in [2.75, 3.05) is 19.4 Å². The van der Waals surface area contributed by atoms with Crippen molar-refractivity contribution in [2.45, 2.75) is 18.8 Å². The van der Waals surface area contributed by atoms with Gasteiger partial charge in [0.1, 0.15) is 11.6 Å². The van der Waals surface area contributed by atoms with E-state index in [1.807, 2.05) is 24.3 Å². The molecule has 2 amide bonds. The molecule has 0 aromatic heterocycles. The first-order valence-corrected chi connectivity index (χ1v) is 10.7. The van der Waals surface area contributed by atoms with Gasteiger partial charge in [-0.2, -0.15) is 5.26 Å². The van der Waals surface area contributed by atoms with Crippen LogP contribution in [0.15, 0.2) is 59.1 Å². The molecule has 6 nitrogen and oxygen atoms in total. The third-order valence-electron chi connectivity index (χ3n) is 4.88. The van der Waals surface area contributed by atoms with E-state index in [1.54, 1.807) is 25.3 Å². The average Bonchev–Trinajstić information content (AvgIpc) is 2.78. The van der Waals surface area contributed by atoms with Crippen LogP contribution < -0.4 is 15.4 Å². The first kappa shape index (κ1) is 22.4. The van der Waals surface area contributed by atoms with E-state index in [1.165, 1.54) is 6.07 Å². The summed E-state index contributed by atoms with van der Waals surface area (Å²) in [5.74, 6) is -0.849. The quantitative estimate of drug-likeness (QED) is 0.659. The van der Waals surface area contributed by atoms with Crippen LogP contribution in [0.1, 0.15) is 23.5 Å². The van der Waals surface area contributed by atoms with Crippen molar-refractivity contribution < 1.29 is 18.7 Å². The number of benzene rings is 2. The van der Waals surface area contributed by atoms with E-state index >= 15 is 0 Å². The Hall–Kier alpha value is -3.31. The fourth-order valence-corrected chi connectivity index (χ4v) is 4.19. The predicted octanol–water partition coefficient (Wildman–Crippen LogP) is 3.27. The van der Waals surface area contributed by atoms with Crippen LogP contribution in [0, 0.1) is 17.1 Å². The highest BCUT2D eigenvalue weighted by atomic mass is 32.2. The number of carbonyl (C=O) groups excluding carboxylic acids is 2. The Morgan fingerprint density at radius 3 is 2.71 bits per heavy atom. The number of methoxy groups -OCH3 is 1. The molecule has 1 aliphatic rings. The van der Waals surface area contributed by atoms with Crippen LogP contribution in [0.25, 0.3) is 0 Å². The molecule has 0 fully saturated rings. The van der Waals surface area contributed by atoms with Gasteiger partial charge in [0.25, 0.3) is 0 Å². The number of hydrogen-bond donors (Lipinski definition) is 2. The largest absolute Gasteiger partial charge is 0.497 e. The van der Waals surface area contributed by atoms with E-state index < -0.39 is 11.7 Å². The number of rotatable bonds is 8. The second-order valence-electron chi connectivity index (χ2n) is 6.92. The Bertz CT molecular complexity index is 1030. The van der Waals surface area contributed by atoms with Gasteiger partial charge in [-0.1, -0.05) is 42.1 Å². The van der Waals surface area contributed by atoms with Gasteiger partial charge < -0.3 is 15.4 Å². The molecule has 8 heteroatoms. The number of nitrogens with one attached hydrogen (secondary N) is 2. The average molecular weight is 440 g/mol.